The third kappa shape index (κ3) is 5.15. The number of nitrogens with two attached hydrogens (primary N) is 1. The minimum atomic E-state index is 0. The molecule has 1 amide bonds. The van der Waals surface area contributed by atoms with Crippen molar-refractivity contribution in [3.8, 4) is 0 Å². The first-order chi connectivity index (χ1) is 10.0. The summed E-state index contributed by atoms with van der Waals surface area (Å²) in [5, 5.41) is 3.86. The fraction of sp³-hybridized carbons (Fsp3) is 0.588. The van der Waals surface area contributed by atoms with E-state index in [0.717, 1.165) is 24.3 Å². The maximum Gasteiger partial charge on any atom is 0.220 e. The Hall–Kier alpha value is -0.770. The van der Waals surface area contributed by atoms with Gasteiger partial charge in [-0.3, -0.25) is 4.79 Å². The molecule has 1 aliphatic rings. The molecule has 3 nitrogen and oxygen atoms in total. The summed E-state index contributed by atoms with van der Waals surface area (Å²) in [6.07, 6.45) is 5.94. The quantitative estimate of drug-likeness (QED) is 0.824. The summed E-state index contributed by atoms with van der Waals surface area (Å²) in [7, 11) is 0. The second-order valence-electron chi connectivity index (χ2n) is 6.29. The van der Waals surface area contributed by atoms with E-state index < -0.39 is 0 Å². The number of carbonyl (C=O) groups is 1. The van der Waals surface area contributed by atoms with Crippen LogP contribution in [0.3, 0.4) is 0 Å². The summed E-state index contributed by atoms with van der Waals surface area (Å²) in [5.41, 5.74) is 7.06. The summed E-state index contributed by atoms with van der Waals surface area (Å²) < 4.78 is 0. The van der Waals surface area contributed by atoms with E-state index in [1.54, 1.807) is 0 Å². The molecule has 0 bridgehead atoms. The summed E-state index contributed by atoms with van der Waals surface area (Å²) >= 11 is 5.98. The van der Waals surface area contributed by atoms with Crippen LogP contribution in [0.5, 0.6) is 0 Å². The zero-order valence-corrected chi connectivity index (χ0v) is 14.7. The van der Waals surface area contributed by atoms with Gasteiger partial charge >= 0.3 is 0 Å². The van der Waals surface area contributed by atoms with Crippen LogP contribution < -0.4 is 11.1 Å². The van der Waals surface area contributed by atoms with Gasteiger partial charge < -0.3 is 11.1 Å². The number of hydrogen-bond acceptors (Lipinski definition) is 2. The van der Waals surface area contributed by atoms with Crippen molar-refractivity contribution in [2.45, 2.75) is 56.9 Å². The van der Waals surface area contributed by atoms with Gasteiger partial charge in [-0.2, -0.15) is 0 Å². The Morgan fingerprint density at radius 1 is 1.32 bits per heavy atom. The van der Waals surface area contributed by atoms with E-state index in [0.29, 0.717) is 13.0 Å². The summed E-state index contributed by atoms with van der Waals surface area (Å²) in [6.45, 7) is 2.64. The molecule has 1 aromatic carbocycles. The predicted octanol–water partition coefficient (Wildman–Crippen LogP) is 3.82. The smallest absolute Gasteiger partial charge is 0.220 e. The second kappa shape index (κ2) is 8.76. The number of amides is 1. The molecular formula is C17H26Cl2N2O. The molecule has 2 rings (SSSR count). The number of hydrogen-bond donors (Lipinski definition) is 2. The normalized spacial score (nSPS) is 17.6. The number of carbonyl (C=O) groups excluding carboxylic acids is 1. The molecule has 0 spiro atoms. The monoisotopic (exact) mass is 344 g/mol. The molecule has 3 N–H and O–H groups in total. The van der Waals surface area contributed by atoms with Crippen molar-refractivity contribution in [2.24, 2.45) is 5.73 Å². The molecule has 0 aliphatic heterocycles. The predicted molar refractivity (Wildman–Crippen MR) is 94.7 cm³/mol. The van der Waals surface area contributed by atoms with E-state index in [9.17, 15) is 4.79 Å². The fourth-order valence-corrected chi connectivity index (χ4v) is 3.26. The standard InChI is InChI=1S/C17H25ClN2O.ClH/c1-13(19)4-9-16(21)20-12-17(10-2-3-11-17)14-5-7-15(18)8-6-14;/h5-8,13H,2-4,9-12,19H2,1H3,(H,20,21);1H. The zero-order chi connectivity index (χ0) is 15.3. The van der Waals surface area contributed by atoms with Crippen LogP contribution in [-0.2, 0) is 10.2 Å². The van der Waals surface area contributed by atoms with Crippen molar-refractivity contribution in [2.75, 3.05) is 6.54 Å². The first-order valence-corrected chi connectivity index (χ1v) is 8.18. The van der Waals surface area contributed by atoms with E-state index in [1.165, 1.54) is 18.4 Å². The Balaban J connectivity index is 0.00000242. The van der Waals surface area contributed by atoms with E-state index in [-0.39, 0.29) is 29.8 Å². The van der Waals surface area contributed by atoms with Crippen LogP contribution in [0.15, 0.2) is 24.3 Å². The fourth-order valence-electron chi connectivity index (χ4n) is 3.14. The Kier molecular flexibility index (Phi) is 7.67. The third-order valence-corrected chi connectivity index (χ3v) is 4.72. The van der Waals surface area contributed by atoms with Crippen LogP contribution >= 0.6 is 24.0 Å². The summed E-state index contributed by atoms with van der Waals surface area (Å²) in [6, 6.07) is 8.15. The van der Waals surface area contributed by atoms with E-state index in [1.807, 2.05) is 19.1 Å². The van der Waals surface area contributed by atoms with Gasteiger partial charge in [-0.1, -0.05) is 36.6 Å². The van der Waals surface area contributed by atoms with Crippen molar-refractivity contribution in [3.63, 3.8) is 0 Å². The van der Waals surface area contributed by atoms with E-state index >= 15 is 0 Å². The topological polar surface area (TPSA) is 55.1 Å². The van der Waals surface area contributed by atoms with Crippen LogP contribution in [0.2, 0.25) is 5.02 Å². The van der Waals surface area contributed by atoms with Crippen LogP contribution in [0.4, 0.5) is 0 Å². The molecule has 124 valence electrons. The molecule has 0 saturated heterocycles. The highest BCUT2D eigenvalue weighted by molar-refractivity contribution is 6.30. The first-order valence-electron chi connectivity index (χ1n) is 7.80. The Morgan fingerprint density at radius 2 is 1.91 bits per heavy atom. The first kappa shape index (κ1) is 19.3. The minimum Gasteiger partial charge on any atom is -0.355 e. The molecule has 0 heterocycles. The number of nitrogens with one attached hydrogen (secondary N) is 1. The van der Waals surface area contributed by atoms with Gasteiger partial charge in [-0.25, -0.2) is 0 Å². The lowest BCUT2D eigenvalue weighted by atomic mass is 9.79. The second-order valence-corrected chi connectivity index (χ2v) is 6.72. The Labute approximate surface area is 144 Å². The average molecular weight is 345 g/mol. The van der Waals surface area contributed by atoms with Gasteiger partial charge in [0.25, 0.3) is 0 Å². The van der Waals surface area contributed by atoms with Crippen molar-refractivity contribution < 1.29 is 4.79 Å². The van der Waals surface area contributed by atoms with Crippen molar-refractivity contribution in [1.82, 2.24) is 5.32 Å². The molecule has 1 unspecified atom stereocenters. The SMILES string of the molecule is CC(N)CCC(=O)NCC1(c2ccc(Cl)cc2)CCCC1.Cl. The van der Waals surface area contributed by atoms with Crippen LogP contribution in [-0.4, -0.2) is 18.5 Å². The molecule has 5 heteroatoms. The molecule has 1 atom stereocenters. The highest BCUT2D eigenvalue weighted by atomic mass is 35.5. The highest BCUT2D eigenvalue weighted by Gasteiger charge is 2.35. The zero-order valence-electron chi connectivity index (χ0n) is 13.1. The van der Waals surface area contributed by atoms with Gasteiger partial charge in [0.2, 0.25) is 5.91 Å². The maximum atomic E-state index is 11.9. The highest BCUT2D eigenvalue weighted by Crippen LogP contribution is 2.40. The molecule has 1 aliphatic carbocycles. The number of rotatable bonds is 6. The van der Waals surface area contributed by atoms with E-state index in [2.05, 4.69) is 17.4 Å². The van der Waals surface area contributed by atoms with Gasteiger partial charge in [-0.05, 0) is 43.9 Å². The lowest BCUT2D eigenvalue weighted by Crippen LogP contribution is -2.39. The van der Waals surface area contributed by atoms with Gasteiger partial charge in [0.05, 0.1) is 0 Å². The minimum absolute atomic E-state index is 0. The third-order valence-electron chi connectivity index (χ3n) is 4.47. The van der Waals surface area contributed by atoms with Gasteiger partial charge in [0.15, 0.2) is 0 Å². The lowest BCUT2D eigenvalue weighted by molar-refractivity contribution is -0.121. The van der Waals surface area contributed by atoms with Crippen molar-refractivity contribution in [3.05, 3.63) is 34.9 Å². The average Bonchev–Trinajstić information content (AvgIpc) is 2.93. The lowest BCUT2D eigenvalue weighted by Gasteiger charge is -2.30. The molecule has 1 saturated carbocycles. The van der Waals surface area contributed by atoms with Gasteiger partial charge in [0, 0.05) is 29.4 Å². The molecule has 1 aromatic rings. The Morgan fingerprint density at radius 3 is 2.45 bits per heavy atom. The number of halogens is 2. The van der Waals surface area contributed by atoms with E-state index in [4.69, 9.17) is 17.3 Å². The number of benzene rings is 1. The molecule has 0 radical (unpaired) electrons. The molecular weight excluding hydrogens is 319 g/mol. The maximum absolute atomic E-state index is 11.9. The molecule has 22 heavy (non-hydrogen) atoms. The van der Waals surface area contributed by atoms with Crippen LogP contribution in [0, 0.1) is 0 Å². The molecule has 1 fully saturated rings. The van der Waals surface area contributed by atoms with Gasteiger partial charge in [-0.15, -0.1) is 12.4 Å². The largest absolute Gasteiger partial charge is 0.355 e. The summed E-state index contributed by atoms with van der Waals surface area (Å²) in [4.78, 5) is 11.9. The van der Waals surface area contributed by atoms with Crippen molar-refractivity contribution >= 4 is 29.9 Å². The molecule has 0 aromatic heterocycles. The van der Waals surface area contributed by atoms with Crippen molar-refractivity contribution in [1.29, 1.82) is 0 Å². The summed E-state index contributed by atoms with van der Waals surface area (Å²) in [5.74, 6) is 0.104. The Bertz CT molecular complexity index is 468. The van der Waals surface area contributed by atoms with Crippen LogP contribution in [0.1, 0.15) is 51.0 Å². The van der Waals surface area contributed by atoms with Crippen LogP contribution in [0.25, 0.3) is 0 Å². The van der Waals surface area contributed by atoms with Gasteiger partial charge in [0.1, 0.15) is 0 Å².